The van der Waals surface area contributed by atoms with Gasteiger partial charge in [0.2, 0.25) is 5.91 Å². The van der Waals surface area contributed by atoms with Crippen molar-refractivity contribution in [2.24, 2.45) is 5.92 Å². The Labute approximate surface area is 98.2 Å². The minimum absolute atomic E-state index is 0.0285. The highest BCUT2D eigenvalue weighted by Gasteiger charge is 2.05. The summed E-state index contributed by atoms with van der Waals surface area (Å²) in [6, 6.07) is 0. The van der Waals surface area contributed by atoms with Crippen LogP contribution in [-0.4, -0.2) is 31.8 Å². The number of hydrogen-bond donors (Lipinski definition) is 2. The highest BCUT2D eigenvalue weighted by atomic mass is 16.1. The van der Waals surface area contributed by atoms with E-state index in [-0.39, 0.29) is 11.8 Å². The topological polar surface area (TPSA) is 58.2 Å². The van der Waals surface area contributed by atoms with E-state index in [0.29, 0.717) is 25.3 Å². The Morgan fingerprint density at radius 2 is 1.81 bits per heavy atom. The third kappa shape index (κ3) is 8.41. The second-order valence-corrected chi connectivity index (χ2v) is 4.31. The average Bonchev–Trinajstić information content (AvgIpc) is 2.23. The molecule has 0 radical (unpaired) electrons. The van der Waals surface area contributed by atoms with E-state index in [4.69, 9.17) is 0 Å². The monoisotopic (exact) mass is 228 g/mol. The van der Waals surface area contributed by atoms with E-state index in [9.17, 15) is 9.59 Å². The fourth-order valence-electron chi connectivity index (χ4n) is 1.34. The van der Waals surface area contributed by atoms with E-state index in [1.807, 2.05) is 13.8 Å². The molecule has 94 valence electrons. The van der Waals surface area contributed by atoms with E-state index >= 15 is 0 Å². The number of likely N-dealkylation sites (N-methyl/N-ethyl adjacent to an activating group) is 1. The van der Waals surface area contributed by atoms with Crippen molar-refractivity contribution in [1.29, 1.82) is 0 Å². The van der Waals surface area contributed by atoms with Crippen LogP contribution in [0.4, 0.5) is 0 Å². The van der Waals surface area contributed by atoms with Gasteiger partial charge in [0.15, 0.2) is 0 Å². The summed E-state index contributed by atoms with van der Waals surface area (Å²) in [6.07, 6.45) is 3.54. The van der Waals surface area contributed by atoms with Crippen LogP contribution in [0, 0.1) is 5.92 Å². The van der Waals surface area contributed by atoms with Gasteiger partial charge in [-0.2, -0.15) is 0 Å². The van der Waals surface area contributed by atoms with Crippen LogP contribution in [-0.2, 0) is 9.59 Å². The zero-order valence-electron chi connectivity index (χ0n) is 10.6. The predicted octanol–water partition coefficient (Wildman–Crippen LogP) is 1.11. The van der Waals surface area contributed by atoms with Gasteiger partial charge in [-0.25, -0.2) is 0 Å². The second-order valence-electron chi connectivity index (χ2n) is 4.31. The standard InChI is InChI=1S/C12H24N2O2/c1-10(2)11(15)7-5-4-6-8-14-12(16)9-13-3/h10,13H,4-9H2,1-3H3,(H,14,16). The molecule has 0 rings (SSSR count). The zero-order chi connectivity index (χ0) is 12.4. The summed E-state index contributed by atoms with van der Waals surface area (Å²) < 4.78 is 0. The lowest BCUT2D eigenvalue weighted by molar-refractivity contribution is -0.122. The van der Waals surface area contributed by atoms with Gasteiger partial charge in [-0.1, -0.05) is 20.3 Å². The zero-order valence-corrected chi connectivity index (χ0v) is 10.6. The normalized spacial score (nSPS) is 10.5. The summed E-state index contributed by atoms with van der Waals surface area (Å²) in [5.41, 5.74) is 0. The molecule has 0 atom stereocenters. The molecule has 0 bridgehead atoms. The lowest BCUT2D eigenvalue weighted by atomic mass is 10.0. The van der Waals surface area contributed by atoms with Gasteiger partial charge in [-0.3, -0.25) is 9.59 Å². The first kappa shape index (κ1) is 15.1. The molecule has 0 saturated carbocycles. The number of hydrogen-bond acceptors (Lipinski definition) is 3. The number of ketones is 1. The van der Waals surface area contributed by atoms with Crippen molar-refractivity contribution in [3.8, 4) is 0 Å². The Morgan fingerprint density at radius 3 is 2.38 bits per heavy atom. The maximum Gasteiger partial charge on any atom is 0.233 e. The van der Waals surface area contributed by atoms with E-state index in [0.717, 1.165) is 19.3 Å². The number of carbonyl (C=O) groups is 2. The van der Waals surface area contributed by atoms with Crippen LogP contribution < -0.4 is 10.6 Å². The molecule has 0 aliphatic rings. The second kappa shape index (κ2) is 9.33. The molecule has 2 N–H and O–H groups in total. The molecule has 4 nitrogen and oxygen atoms in total. The molecule has 0 heterocycles. The first-order chi connectivity index (χ1) is 7.57. The lowest BCUT2D eigenvalue weighted by Gasteiger charge is -2.05. The summed E-state index contributed by atoms with van der Waals surface area (Å²) in [6.45, 7) is 4.93. The number of unbranched alkanes of at least 4 members (excludes halogenated alkanes) is 2. The van der Waals surface area contributed by atoms with Gasteiger partial charge in [0.05, 0.1) is 6.54 Å². The van der Waals surface area contributed by atoms with Crippen LogP contribution in [0.25, 0.3) is 0 Å². The molecule has 0 unspecified atom stereocenters. The maximum atomic E-state index is 11.3. The van der Waals surface area contributed by atoms with Gasteiger partial charge >= 0.3 is 0 Å². The molecule has 0 fully saturated rings. The fourth-order valence-corrected chi connectivity index (χ4v) is 1.34. The van der Waals surface area contributed by atoms with Gasteiger partial charge in [0, 0.05) is 18.9 Å². The SMILES string of the molecule is CNCC(=O)NCCCCCC(=O)C(C)C. The van der Waals surface area contributed by atoms with Crippen molar-refractivity contribution in [3.63, 3.8) is 0 Å². The summed E-state index contributed by atoms with van der Waals surface area (Å²) in [5, 5.41) is 5.60. The fraction of sp³-hybridized carbons (Fsp3) is 0.833. The smallest absolute Gasteiger partial charge is 0.233 e. The molecule has 4 heteroatoms. The van der Waals surface area contributed by atoms with Gasteiger partial charge in [-0.05, 0) is 19.9 Å². The van der Waals surface area contributed by atoms with Crippen LogP contribution in [0.5, 0.6) is 0 Å². The van der Waals surface area contributed by atoms with Gasteiger partial charge in [0.25, 0.3) is 0 Å². The Morgan fingerprint density at radius 1 is 1.12 bits per heavy atom. The molecule has 0 aromatic rings. The van der Waals surface area contributed by atoms with Crippen LogP contribution in [0.15, 0.2) is 0 Å². The number of carbonyl (C=O) groups excluding carboxylic acids is 2. The molecule has 0 spiro atoms. The van der Waals surface area contributed by atoms with Crippen LogP contribution in [0.2, 0.25) is 0 Å². The molecule has 1 amide bonds. The van der Waals surface area contributed by atoms with Crippen molar-refractivity contribution in [2.75, 3.05) is 20.1 Å². The van der Waals surface area contributed by atoms with Crippen molar-refractivity contribution >= 4 is 11.7 Å². The number of nitrogens with one attached hydrogen (secondary N) is 2. The molecule has 0 aromatic carbocycles. The van der Waals surface area contributed by atoms with E-state index in [1.165, 1.54) is 0 Å². The van der Waals surface area contributed by atoms with Crippen molar-refractivity contribution in [2.45, 2.75) is 39.5 Å². The minimum Gasteiger partial charge on any atom is -0.355 e. The van der Waals surface area contributed by atoms with E-state index in [1.54, 1.807) is 7.05 Å². The average molecular weight is 228 g/mol. The summed E-state index contributed by atoms with van der Waals surface area (Å²) in [5.74, 6) is 0.510. The van der Waals surface area contributed by atoms with Crippen LogP contribution in [0.1, 0.15) is 39.5 Å². The molecular formula is C12H24N2O2. The Bertz CT molecular complexity index is 215. The quantitative estimate of drug-likeness (QED) is 0.581. The number of Topliss-reactive ketones (excluding diaryl/α,β-unsaturated/α-hetero) is 1. The lowest BCUT2D eigenvalue weighted by Crippen LogP contribution is -2.32. The Balaban J connectivity index is 3.28. The molecular weight excluding hydrogens is 204 g/mol. The Kier molecular flexibility index (Phi) is 8.81. The van der Waals surface area contributed by atoms with Gasteiger partial charge in [0.1, 0.15) is 5.78 Å². The molecule has 0 aromatic heterocycles. The highest BCUT2D eigenvalue weighted by molar-refractivity contribution is 5.80. The van der Waals surface area contributed by atoms with Crippen LogP contribution in [0.3, 0.4) is 0 Å². The predicted molar refractivity (Wildman–Crippen MR) is 65.2 cm³/mol. The number of rotatable bonds is 9. The van der Waals surface area contributed by atoms with Gasteiger partial charge < -0.3 is 10.6 Å². The third-order valence-electron chi connectivity index (χ3n) is 2.40. The minimum atomic E-state index is 0.0285. The maximum absolute atomic E-state index is 11.3. The van der Waals surface area contributed by atoms with Crippen molar-refractivity contribution in [1.82, 2.24) is 10.6 Å². The number of amides is 1. The van der Waals surface area contributed by atoms with Crippen LogP contribution >= 0.6 is 0 Å². The summed E-state index contributed by atoms with van der Waals surface area (Å²) >= 11 is 0. The molecule has 0 saturated heterocycles. The van der Waals surface area contributed by atoms with Gasteiger partial charge in [-0.15, -0.1) is 0 Å². The van der Waals surface area contributed by atoms with E-state index < -0.39 is 0 Å². The summed E-state index contributed by atoms with van der Waals surface area (Å²) in [7, 11) is 1.75. The first-order valence-electron chi connectivity index (χ1n) is 6.02. The molecule has 0 aliphatic carbocycles. The largest absolute Gasteiger partial charge is 0.355 e. The summed E-state index contributed by atoms with van der Waals surface area (Å²) in [4.78, 5) is 22.3. The van der Waals surface area contributed by atoms with E-state index in [2.05, 4.69) is 10.6 Å². The molecule has 0 aliphatic heterocycles. The molecule has 16 heavy (non-hydrogen) atoms. The van der Waals surface area contributed by atoms with Crippen molar-refractivity contribution < 1.29 is 9.59 Å². The van der Waals surface area contributed by atoms with Crippen molar-refractivity contribution in [3.05, 3.63) is 0 Å². The Hall–Kier alpha value is -0.900. The highest BCUT2D eigenvalue weighted by Crippen LogP contribution is 2.05. The third-order valence-corrected chi connectivity index (χ3v) is 2.40. The first-order valence-corrected chi connectivity index (χ1v) is 6.02.